The molecule has 0 aliphatic rings. The van der Waals surface area contributed by atoms with Crippen LogP contribution in [0.25, 0.3) is 5.82 Å². The monoisotopic (exact) mass is 228 g/mol. The molecule has 2 rings (SSSR count). The Hall–Kier alpha value is -2.42. The summed E-state index contributed by atoms with van der Waals surface area (Å²) in [6.07, 6.45) is 1.83. The summed E-state index contributed by atoms with van der Waals surface area (Å²) >= 11 is 0. The van der Waals surface area contributed by atoms with Crippen LogP contribution >= 0.6 is 0 Å². The summed E-state index contributed by atoms with van der Waals surface area (Å²) in [6.45, 7) is 3.69. The van der Waals surface area contributed by atoms with Gasteiger partial charge in [-0.15, -0.1) is 0 Å². The molecule has 0 aliphatic heterocycles. The quantitative estimate of drug-likeness (QED) is 0.825. The van der Waals surface area contributed by atoms with Crippen LogP contribution in [0, 0.1) is 25.2 Å². The Bertz CT molecular complexity index is 572. The molecule has 0 saturated carbocycles. The van der Waals surface area contributed by atoms with E-state index < -0.39 is 0 Å². The van der Waals surface area contributed by atoms with Crippen LogP contribution in [0.4, 0.5) is 5.82 Å². The highest BCUT2D eigenvalue weighted by atomic mass is 15.3. The van der Waals surface area contributed by atoms with Gasteiger partial charge in [0, 0.05) is 17.3 Å². The molecule has 0 saturated heterocycles. The van der Waals surface area contributed by atoms with Gasteiger partial charge in [-0.25, -0.2) is 9.97 Å². The number of aryl methyl sites for hydroxylation is 2. The van der Waals surface area contributed by atoms with Crippen molar-refractivity contribution in [1.82, 2.24) is 19.7 Å². The van der Waals surface area contributed by atoms with E-state index in [9.17, 15) is 0 Å². The molecule has 0 radical (unpaired) electrons. The Labute approximate surface area is 98.7 Å². The van der Waals surface area contributed by atoms with E-state index in [4.69, 9.17) is 11.0 Å². The molecule has 0 aliphatic carbocycles. The fourth-order valence-electron chi connectivity index (χ4n) is 1.60. The van der Waals surface area contributed by atoms with Crippen molar-refractivity contribution in [2.24, 2.45) is 0 Å². The van der Waals surface area contributed by atoms with Crippen molar-refractivity contribution in [3.8, 4) is 11.9 Å². The van der Waals surface area contributed by atoms with E-state index in [0.29, 0.717) is 23.0 Å². The van der Waals surface area contributed by atoms with Crippen molar-refractivity contribution in [3.63, 3.8) is 0 Å². The highest BCUT2D eigenvalue weighted by molar-refractivity contribution is 5.45. The van der Waals surface area contributed by atoms with Crippen LogP contribution in [-0.2, 0) is 6.42 Å². The fraction of sp³-hybridized carbons (Fsp3) is 0.273. The molecular formula is C11H12N6. The number of nitrogens with zero attached hydrogens (tertiary/aromatic N) is 5. The van der Waals surface area contributed by atoms with Gasteiger partial charge >= 0.3 is 0 Å². The maximum Gasteiger partial charge on any atom is 0.159 e. The van der Waals surface area contributed by atoms with Crippen LogP contribution in [-0.4, -0.2) is 19.7 Å². The van der Waals surface area contributed by atoms with Gasteiger partial charge in [0.25, 0.3) is 0 Å². The van der Waals surface area contributed by atoms with Crippen LogP contribution in [0.5, 0.6) is 0 Å². The molecule has 0 amide bonds. The maximum atomic E-state index is 8.64. The highest BCUT2D eigenvalue weighted by Gasteiger charge is 2.10. The Morgan fingerprint density at radius 3 is 2.82 bits per heavy atom. The minimum Gasteiger partial charge on any atom is -0.383 e. The van der Waals surface area contributed by atoms with Crippen molar-refractivity contribution in [2.75, 3.05) is 5.73 Å². The molecule has 6 nitrogen and oxygen atoms in total. The standard InChI is InChI=1S/C11H12N6/c1-7-5-10(16-8(2)15-7)17-11(13)9(3-4-12)6-14-17/h5-6H,3,13H2,1-2H3. The first-order chi connectivity index (χ1) is 8.11. The number of hydrogen-bond acceptors (Lipinski definition) is 5. The molecule has 17 heavy (non-hydrogen) atoms. The second-order valence-electron chi connectivity index (χ2n) is 3.72. The summed E-state index contributed by atoms with van der Waals surface area (Å²) in [7, 11) is 0. The Balaban J connectivity index is 2.50. The summed E-state index contributed by atoms with van der Waals surface area (Å²) in [5.74, 6) is 1.73. The minimum atomic E-state index is 0.245. The van der Waals surface area contributed by atoms with Crippen LogP contribution in [0.15, 0.2) is 12.3 Å². The van der Waals surface area contributed by atoms with Crippen molar-refractivity contribution < 1.29 is 0 Å². The van der Waals surface area contributed by atoms with Crippen LogP contribution in [0.1, 0.15) is 17.1 Å². The summed E-state index contributed by atoms with van der Waals surface area (Å²) in [5, 5.41) is 12.8. The van der Waals surface area contributed by atoms with E-state index >= 15 is 0 Å². The number of nitriles is 1. The first-order valence-electron chi connectivity index (χ1n) is 5.14. The van der Waals surface area contributed by atoms with Crippen molar-refractivity contribution in [3.05, 3.63) is 29.3 Å². The highest BCUT2D eigenvalue weighted by Crippen LogP contribution is 2.16. The summed E-state index contributed by atoms with van der Waals surface area (Å²) in [6, 6.07) is 3.84. The number of rotatable bonds is 2. The smallest absolute Gasteiger partial charge is 0.159 e. The first kappa shape index (κ1) is 11.1. The number of nitrogens with two attached hydrogens (primary N) is 1. The van der Waals surface area contributed by atoms with Crippen molar-refractivity contribution >= 4 is 5.82 Å². The molecule has 6 heteroatoms. The molecule has 0 unspecified atom stereocenters. The molecule has 2 N–H and O–H groups in total. The Morgan fingerprint density at radius 2 is 2.18 bits per heavy atom. The third kappa shape index (κ3) is 2.08. The zero-order chi connectivity index (χ0) is 12.4. The lowest BCUT2D eigenvalue weighted by Crippen LogP contribution is -2.07. The second-order valence-corrected chi connectivity index (χ2v) is 3.72. The molecule has 0 spiro atoms. The van der Waals surface area contributed by atoms with Crippen molar-refractivity contribution in [2.45, 2.75) is 20.3 Å². The molecular weight excluding hydrogens is 216 g/mol. The van der Waals surface area contributed by atoms with Crippen LogP contribution < -0.4 is 5.73 Å². The summed E-state index contributed by atoms with van der Waals surface area (Å²) in [5.41, 5.74) is 7.47. The third-order valence-corrected chi connectivity index (χ3v) is 2.33. The van der Waals surface area contributed by atoms with Crippen LogP contribution in [0.3, 0.4) is 0 Å². The number of hydrogen-bond donors (Lipinski definition) is 1. The van der Waals surface area contributed by atoms with E-state index in [-0.39, 0.29) is 6.42 Å². The average Bonchev–Trinajstić information content (AvgIpc) is 2.60. The predicted octanol–water partition coefficient (Wildman–Crippen LogP) is 0.927. The van der Waals surface area contributed by atoms with Gasteiger partial charge in [0.1, 0.15) is 11.6 Å². The molecule has 2 aromatic heterocycles. The summed E-state index contributed by atoms with van der Waals surface area (Å²) in [4.78, 5) is 8.45. The number of aromatic nitrogens is 4. The fourth-order valence-corrected chi connectivity index (χ4v) is 1.60. The second kappa shape index (κ2) is 4.22. The molecule has 0 aromatic carbocycles. The SMILES string of the molecule is Cc1cc(-n2ncc(CC#N)c2N)nc(C)n1. The average molecular weight is 228 g/mol. The van der Waals surface area contributed by atoms with Gasteiger partial charge in [0.2, 0.25) is 0 Å². The molecule has 0 atom stereocenters. The van der Waals surface area contributed by atoms with Crippen LogP contribution in [0.2, 0.25) is 0 Å². The molecule has 86 valence electrons. The molecule has 2 heterocycles. The maximum absolute atomic E-state index is 8.64. The minimum absolute atomic E-state index is 0.245. The lowest BCUT2D eigenvalue weighted by Gasteiger charge is -2.05. The Morgan fingerprint density at radius 1 is 1.41 bits per heavy atom. The lowest BCUT2D eigenvalue weighted by atomic mass is 10.2. The summed E-state index contributed by atoms with van der Waals surface area (Å²) < 4.78 is 1.52. The van der Waals surface area contributed by atoms with Gasteiger partial charge in [0.15, 0.2) is 5.82 Å². The van der Waals surface area contributed by atoms with Gasteiger partial charge in [-0.2, -0.15) is 15.0 Å². The zero-order valence-electron chi connectivity index (χ0n) is 9.68. The van der Waals surface area contributed by atoms with Gasteiger partial charge < -0.3 is 5.73 Å². The van der Waals surface area contributed by atoms with Gasteiger partial charge in [0.05, 0.1) is 18.7 Å². The topological polar surface area (TPSA) is 93.4 Å². The van der Waals surface area contributed by atoms with Gasteiger partial charge in [-0.3, -0.25) is 0 Å². The molecule has 0 fully saturated rings. The Kier molecular flexibility index (Phi) is 2.75. The zero-order valence-corrected chi connectivity index (χ0v) is 9.68. The third-order valence-electron chi connectivity index (χ3n) is 2.33. The first-order valence-corrected chi connectivity index (χ1v) is 5.14. The van der Waals surface area contributed by atoms with E-state index in [1.807, 2.05) is 19.9 Å². The molecule has 0 bridgehead atoms. The predicted molar refractivity (Wildman–Crippen MR) is 62.4 cm³/mol. The number of anilines is 1. The normalized spacial score (nSPS) is 10.2. The van der Waals surface area contributed by atoms with E-state index in [1.54, 1.807) is 12.3 Å². The van der Waals surface area contributed by atoms with E-state index in [0.717, 1.165) is 5.69 Å². The van der Waals surface area contributed by atoms with E-state index in [2.05, 4.69) is 15.1 Å². The van der Waals surface area contributed by atoms with Gasteiger partial charge in [-0.05, 0) is 13.8 Å². The van der Waals surface area contributed by atoms with E-state index in [1.165, 1.54) is 4.68 Å². The largest absolute Gasteiger partial charge is 0.383 e. The number of nitrogen functional groups attached to an aromatic ring is 1. The van der Waals surface area contributed by atoms with Gasteiger partial charge in [-0.1, -0.05) is 0 Å². The van der Waals surface area contributed by atoms with Crippen molar-refractivity contribution in [1.29, 1.82) is 5.26 Å². The molecule has 2 aromatic rings. The lowest BCUT2D eigenvalue weighted by molar-refractivity contribution is 0.830.